The second-order valence-electron chi connectivity index (χ2n) is 4.98. The molecular formula is C16H16ClN5O. The highest BCUT2D eigenvalue weighted by molar-refractivity contribution is 6.33. The fourth-order valence-corrected chi connectivity index (χ4v) is 2.45. The van der Waals surface area contributed by atoms with E-state index in [2.05, 4.69) is 15.5 Å². The van der Waals surface area contributed by atoms with Gasteiger partial charge in [0.15, 0.2) is 5.69 Å². The Labute approximate surface area is 138 Å². The quantitative estimate of drug-likeness (QED) is 0.782. The van der Waals surface area contributed by atoms with Gasteiger partial charge < -0.3 is 5.32 Å². The lowest BCUT2D eigenvalue weighted by atomic mass is 10.2. The largest absolute Gasteiger partial charge is 0.347 e. The number of nitrogens with one attached hydrogen (secondary N) is 1. The summed E-state index contributed by atoms with van der Waals surface area (Å²) in [4.78, 5) is 12.2. The Kier molecular flexibility index (Phi) is 4.43. The van der Waals surface area contributed by atoms with Crippen molar-refractivity contribution < 1.29 is 4.79 Å². The van der Waals surface area contributed by atoms with Crippen molar-refractivity contribution in [2.24, 2.45) is 0 Å². The summed E-state index contributed by atoms with van der Waals surface area (Å²) in [5.41, 5.74) is 2.16. The van der Waals surface area contributed by atoms with Gasteiger partial charge in [-0.2, -0.15) is 10.2 Å². The first-order valence-corrected chi connectivity index (χ1v) is 7.65. The molecule has 6 nitrogen and oxygen atoms in total. The number of benzene rings is 1. The number of aromatic nitrogens is 4. The van der Waals surface area contributed by atoms with Crippen LogP contribution in [0.5, 0.6) is 0 Å². The summed E-state index contributed by atoms with van der Waals surface area (Å²) < 4.78 is 3.40. The highest BCUT2D eigenvalue weighted by atomic mass is 35.5. The van der Waals surface area contributed by atoms with Gasteiger partial charge in [-0.15, -0.1) is 0 Å². The van der Waals surface area contributed by atoms with E-state index in [1.165, 1.54) is 0 Å². The van der Waals surface area contributed by atoms with Crippen molar-refractivity contribution in [3.8, 4) is 5.69 Å². The average molecular weight is 330 g/mol. The van der Waals surface area contributed by atoms with Gasteiger partial charge in [-0.3, -0.25) is 9.48 Å². The van der Waals surface area contributed by atoms with Gasteiger partial charge in [0.25, 0.3) is 5.91 Å². The molecule has 0 saturated carbocycles. The molecule has 0 radical (unpaired) electrons. The first-order chi connectivity index (χ1) is 11.2. The van der Waals surface area contributed by atoms with Crippen LogP contribution in [0.15, 0.2) is 48.9 Å². The second kappa shape index (κ2) is 6.66. The normalized spacial score (nSPS) is 10.7. The van der Waals surface area contributed by atoms with Gasteiger partial charge in [-0.1, -0.05) is 23.7 Å². The Balaban J connectivity index is 1.69. The number of carbonyl (C=O) groups is 1. The Morgan fingerprint density at radius 3 is 2.91 bits per heavy atom. The molecule has 1 aromatic carbocycles. The molecule has 0 aliphatic rings. The van der Waals surface area contributed by atoms with Crippen LogP contribution in [-0.4, -0.2) is 25.5 Å². The summed E-state index contributed by atoms with van der Waals surface area (Å²) >= 11 is 6.04. The number of aryl methyl sites for hydroxylation is 1. The number of amides is 1. The average Bonchev–Trinajstić information content (AvgIpc) is 3.22. The lowest BCUT2D eigenvalue weighted by Gasteiger charge is -2.07. The number of rotatable bonds is 5. The predicted octanol–water partition coefficient (Wildman–Crippen LogP) is 2.67. The fourth-order valence-electron chi connectivity index (χ4n) is 2.21. The van der Waals surface area contributed by atoms with Crippen molar-refractivity contribution in [1.29, 1.82) is 0 Å². The van der Waals surface area contributed by atoms with E-state index in [9.17, 15) is 4.79 Å². The van der Waals surface area contributed by atoms with Gasteiger partial charge in [0.2, 0.25) is 0 Å². The van der Waals surface area contributed by atoms with Gasteiger partial charge in [-0.05, 0) is 30.7 Å². The van der Waals surface area contributed by atoms with E-state index in [4.69, 9.17) is 11.6 Å². The van der Waals surface area contributed by atoms with Crippen LogP contribution in [0.2, 0.25) is 5.02 Å². The number of carbonyl (C=O) groups excluding carboxylic acids is 1. The summed E-state index contributed by atoms with van der Waals surface area (Å²) in [6.45, 7) is 2.99. The number of halogens is 1. The maximum Gasteiger partial charge on any atom is 0.273 e. The van der Waals surface area contributed by atoms with Crippen molar-refractivity contribution in [2.45, 2.75) is 20.0 Å². The third kappa shape index (κ3) is 3.43. The van der Waals surface area contributed by atoms with Gasteiger partial charge in [0.05, 0.1) is 10.7 Å². The molecule has 0 spiro atoms. The summed E-state index contributed by atoms with van der Waals surface area (Å²) in [5, 5.41) is 11.5. The standard InChI is InChI=1S/C16H16ClN5O/c1-2-21-11-14(17)15(20-21)16(23)18-10-12-5-3-6-13(9-12)22-8-4-7-19-22/h3-9,11H,2,10H2,1H3,(H,18,23). The molecule has 1 amide bonds. The minimum Gasteiger partial charge on any atom is -0.347 e. The van der Waals surface area contributed by atoms with Crippen LogP contribution < -0.4 is 5.32 Å². The smallest absolute Gasteiger partial charge is 0.273 e. The predicted molar refractivity (Wildman–Crippen MR) is 87.6 cm³/mol. The van der Waals surface area contributed by atoms with Gasteiger partial charge in [-0.25, -0.2) is 4.68 Å². The molecule has 23 heavy (non-hydrogen) atoms. The number of nitrogens with zero attached hydrogens (tertiary/aromatic N) is 4. The monoisotopic (exact) mass is 329 g/mol. The maximum absolute atomic E-state index is 12.2. The van der Waals surface area contributed by atoms with Crippen molar-refractivity contribution >= 4 is 17.5 Å². The number of hydrogen-bond donors (Lipinski definition) is 1. The lowest BCUT2D eigenvalue weighted by molar-refractivity contribution is 0.0945. The molecule has 2 heterocycles. The van der Waals surface area contributed by atoms with Crippen LogP contribution in [-0.2, 0) is 13.1 Å². The minimum absolute atomic E-state index is 0.247. The molecule has 3 rings (SSSR count). The zero-order valence-electron chi connectivity index (χ0n) is 12.6. The molecule has 0 aliphatic heterocycles. The third-order valence-corrected chi connectivity index (χ3v) is 3.67. The molecule has 0 unspecified atom stereocenters. The molecule has 3 aromatic rings. The zero-order chi connectivity index (χ0) is 16.2. The first kappa shape index (κ1) is 15.3. The topological polar surface area (TPSA) is 64.7 Å². The highest BCUT2D eigenvalue weighted by Crippen LogP contribution is 2.14. The van der Waals surface area contributed by atoms with E-state index in [0.717, 1.165) is 11.3 Å². The maximum atomic E-state index is 12.2. The summed E-state index contributed by atoms with van der Waals surface area (Å²) in [5.74, 6) is -0.285. The minimum atomic E-state index is -0.285. The molecule has 1 N–H and O–H groups in total. The van der Waals surface area contributed by atoms with Gasteiger partial charge >= 0.3 is 0 Å². The zero-order valence-corrected chi connectivity index (χ0v) is 13.4. The van der Waals surface area contributed by atoms with Crippen molar-refractivity contribution in [3.05, 3.63) is 65.2 Å². The molecule has 0 fully saturated rings. The molecule has 0 saturated heterocycles. The summed E-state index contributed by atoms with van der Waals surface area (Å²) in [7, 11) is 0. The Bertz CT molecular complexity index is 810. The van der Waals surface area contributed by atoms with Crippen LogP contribution in [0.1, 0.15) is 23.0 Å². The first-order valence-electron chi connectivity index (χ1n) is 7.27. The third-order valence-electron chi connectivity index (χ3n) is 3.39. The van der Waals surface area contributed by atoms with E-state index in [-0.39, 0.29) is 11.6 Å². The molecule has 0 bridgehead atoms. The van der Waals surface area contributed by atoms with E-state index in [0.29, 0.717) is 18.1 Å². The Hall–Kier alpha value is -2.60. The van der Waals surface area contributed by atoms with Crippen LogP contribution in [0, 0.1) is 0 Å². The SMILES string of the molecule is CCn1cc(Cl)c(C(=O)NCc2cccc(-n3cccn3)c2)n1. The molecular weight excluding hydrogens is 314 g/mol. The van der Waals surface area contributed by atoms with Crippen LogP contribution in [0.4, 0.5) is 0 Å². The lowest BCUT2D eigenvalue weighted by Crippen LogP contribution is -2.23. The summed E-state index contributed by atoms with van der Waals surface area (Å²) in [6, 6.07) is 9.66. The van der Waals surface area contributed by atoms with Gasteiger partial charge in [0, 0.05) is 31.7 Å². The van der Waals surface area contributed by atoms with Gasteiger partial charge in [0.1, 0.15) is 0 Å². The molecule has 0 atom stereocenters. The second-order valence-corrected chi connectivity index (χ2v) is 5.39. The molecule has 2 aromatic heterocycles. The highest BCUT2D eigenvalue weighted by Gasteiger charge is 2.14. The van der Waals surface area contributed by atoms with Crippen LogP contribution in [0.25, 0.3) is 5.69 Å². The van der Waals surface area contributed by atoms with E-state index in [1.54, 1.807) is 21.8 Å². The Morgan fingerprint density at radius 1 is 1.35 bits per heavy atom. The van der Waals surface area contributed by atoms with Crippen molar-refractivity contribution in [2.75, 3.05) is 0 Å². The fraction of sp³-hybridized carbons (Fsp3) is 0.188. The van der Waals surface area contributed by atoms with Crippen LogP contribution in [0.3, 0.4) is 0 Å². The van der Waals surface area contributed by atoms with Crippen molar-refractivity contribution in [1.82, 2.24) is 24.9 Å². The number of hydrogen-bond acceptors (Lipinski definition) is 3. The van der Waals surface area contributed by atoms with Crippen LogP contribution >= 0.6 is 11.6 Å². The molecule has 7 heteroatoms. The van der Waals surface area contributed by atoms with E-state index >= 15 is 0 Å². The molecule has 0 aliphatic carbocycles. The van der Waals surface area contributed by atoms with E-state index < -0.39 is 0 Å². The molecule has 118 valence electrons. The summed E-state index contributed by atoms with van der Waals surface area (Å²) in [6.07, 6.45) is 5.24. The van der Waals surface area contributed by atoms with E-state index in [1.807, 2.05) is 43.5 Å². The Morgan fingerprint density at radius 2 is 2.22 bits per heavy atom. The van der Waals surface area contributed by atoms with Crippen molar-refractivity contribution in [3.63, 3.8) is 0 Å².